The number of urea groups is 1. The molecule has 0 unspecified atom stereocenters. The average Bonchev–Trinajstić information content (AvgIpc) is 3.19. The first-order valence-corrected chi connectivity index (χ1v) is 8.32. The number of methoxy groups -OCH3 is 1. The van der Waals surface area contributed by atoms with Crippen LogP contribution in [0.2, 0.25) is 0 Å². The van der Waals surface area contributed by atoms with Gasteiger partial charge in [-0.25, -0.2) is 9.78 Å². The summed E-state index contributed by atoms with van der Waals surface area (Å²) in [6, 6.07) is 1.53. The number of aromatic amines is 1. The van der Waals surface area contributed by atoms with Gasteiger partial charge < -0.3 is 20.4 Å². The smallest absolute Gasteiger partial charge is 0.320 e. The molecule has 7 nitrogen and oxygen atoms in total. The summed E-state index contributed by atoms with van der Waals surface area (Å²) in [5, 5.41) is 9.54. The molecule has 0 spiro atoms. The van der Waals surface area contributed by atoms with E-state index in [-0.39, 0.29) is 17.3 Å². The molecule has 1 fully saturated rings. The molecule has 3 N–H and O–H groups in total. The van der Waals surface area contributed by atoms with E-state index in [1.54, 1.807) is 0 Å². The van der Waals surface area contributed by atoms with Crippen LogP contribution in [0.15, 0.2) is 27.8 Å². The number of nitrogens with zero attached hydrogens (tertiary/aromatic N) is 1. The van der Waals surface area contributed by atoms with Crippen LogP contribution in [0.3, 0.4) is 0 Å². The molecular formula is C15H18N4O3S. The van der Waals surface area contributed by atoms with Gasteiger partial charge in [0.1, 0.15) is 5.82 Å². The number of carbonyl (C=O) groups excluding carboxylic acids is 1. The number of anilines is 1. The highest BCUT2D eigenvalue weighted by atomic mass is 32.1. The minimum absolute atomic E-state index is 0.157. The largest absolute Gasteiger partial charge is 0.490 e. The Labute approximate surface area is 137 Å². The van der Waals surface area contributed by atoms with Crippen molar-refractivity contribution in [2.75, 3.05) is 12.4 Å². The van der Waals surface area contributed by atoms with Gasteiger partial charge in [0.15, 0.2) is 0 Å². The van der Waals surface area contributed by atoms with E-state index in [4.69, 9.17) is 4.74 Å². The number of amides is 2. The zero-order chi connectivity index (χ0) is 16.3. The number of ether oxygens (including phenoxy) is 1. The molecule has 0 bridgehead atoms. The first-order valence-electron chi connectivity index (χ1n) is 7.38. The Kier molecular flexibility index (Phi) is 4.33. The highest BCUT2D eigenvalue weighted by molar-refractivity contribution is 7.08. The summed E-state index contributed by atoms with van der Waals surface area (Å²) >= 11 is 1.51. The SMILES string of the molecule is COc1cnc(C2(NC(=O)Nc3ccsc3)CCCC2)[nH]c1=O. The molecule has 2 aromatic heterocycles. The van der Waals surface area contributed by atoms with E-state index in [9.17, 15) is 9.59 Å². The van der Waals surface area contributed by atoms with Crippen molar-refractivity contribution in [1.82, 2.24) is 15.3 Å². The number of aromatic nitrogens is 2. The van der Waals surface area contributed by atoms with Gasteiger partial charge in [0.2, 0.25) is 5.75 Å². The number of carbonyl (C=O) groups is 1. The fourth-order valence-electron chi connectivity index (χ4n) is 2.89. The highest BCUT2D eigenvalue weighted by Crippen LogP contribution is 2.36. The molecule has 2 aromatic rings. The van der Waals surface area contributed by atoms with Crippen molar-refractivity contribution >= 4 is 23.1 Å². The minimum atomic E-state index is -0.647. The maximum absolute atomic E-state index is 12.3. The van der Waals surface area contributed by atoms with Crippen LogP contribution in [0.25, 0.3) is 0 Å². The number of thiophene rings is 1. The third-order valence-electron chi connectivity index (χ3n) is 4.03. The zero-order valence-corrected chi connectivity index (χ0v) is 13.5. The van der Waals surface area contributed by atoms with E-state index < -0.39 is 5.54 Å². The molecule has 3 rings (SSSR count). The minimum Gasteiger partial charge on any atom is -0.490 e. The standard InChI is InChI=1S/C15H18N4O3S/c1-22-11-8-16-13(18-12(11)20)15(5-2-3-6-15)19-14(21)17-10-4-7-23-9-10/h4,7-9H,2-3,5-6H2,1H3,(H,16,18,20)(H2,17,19,21). The van der Waals surface area contributed by atoms with Gasteiger partial charge in [0.25, 0.3) is 5.56 Å². The molecule has 2 amide bonds. The van der Waals surface area contributed by atoms with E-state index in [0.717, 1.165) is 31.4 Å². The van der Waals surface area contributed by atoms with Crippen molar-refractivity contribution in [3.8, 4) is 5.75 Å². The Morgan fingerprint density at radius 3 is 2.83 bits per heavy atom. The molecule has 0 aliphatic heterocycles. The predicted octanol–water partition coefficient (Wildman–Crippen LogP) is 2.43. The van der Waals surface area contributed by atoms with Crippen LogP contribution in [0, 0.1) is 0 Å². The lowest BCUT2D eigenvalue weighted by Gasteiger charge is -2.29. The van der Waals surface area contributed by atoms with Crippen molar-refractivity contribution < 1.29 is 9.53 Å². The first kappa shape index (κ1) is 15.5. The summed E-state index contributed by atoms with van der Waals surface area (Å²) in [6.45, 7) is 0. The van der Waals surface area contributed by atoms with Crippen LogP contribution in [-0.2, 0) is 5.54 Å². The summed E-state index contributed by atoms with van der Waals surface area (Å²) < 4.78 is 4.94. The molecule has 1 aliphatic rings. The summed E-state index contributed by atoms with van der Waals surface area (Å²) in [5.74, 6) is 0.630. The van der Waals surface area contributed by atoms with E-state index in [1.165, 1.54) is 24.6 Å². The zero-order valence-electron chi connectivity index (χ0n) is 12.7. The number of nitrogens with one attached hydrogen (secondary N) is 3. The van der Waals surface area contributed by atoms with Crippen molar-refractivity contribution in [1.29, 1.82) is 0 Å². The van der Waals surface area contributed by atoms with Gasteiger partial charge in [0.05, 0.1) is 24.5 Å². The number of H-pyrrole nitrogens is 1. The first-order chi connectivity index (χ1) is 11.1. The Morgan fingerprint density at radius 1 is 1.43 bits per heavy atom. The normalized spacial score (nSPS) is 16.0. The van der Waals surface area contributed by atoms with Gasteiger partial charge in [-0.2, -0.15) is 11.3 Å². The van der Waals surface area contributed by atoms with Crippen LogP contribution in [-0.4, -0.2) is 23.1 Å². The summed E-state index contributed by atoms with van der Waals surface area (Å²) in [5.41, 5.74) is -0.244. The molecule has 1 saturated carbocycles. The topological polar surface area (TPSA) is 96.1 Å². The summed E-state index contributed by atoms with van der Waals surface area (Å²) in [7, 11) is 1.42. The molecule has 1 aliphatic carbocycles. The maximum atomic E-state index is 12.3. The summed E-state index contributed by atoms with van der Waals surface area (Å²) in [6.07, 6.45) is 4.80. The average molecular weight is 334 g/mol. The number of hydrogen-bond acceptors (Lipinski definition) is 5. The molecule has 0 atom stereocenters. The van der Waals surface area contributed by atoms with Crippen LogP contribution >= 0.6 is 11.3 Å². The monoisotopic (exact) mass is 334 g/mol. The van der Waals surface area contributed by atoms with E-state index >= 15 is 0 Å². The molecule has 2 heterocycles. The van der Waals surface area contributed by atoms with Crippen molar-refractivity contribution in [2.24, 2.45) is 0 Å². The highest BCUT2D eigenvalue weighted by Gasteiger charge is 2.39. The third-order valence-corrected chi connectivity index (χ3v) is 4.71. The van der Waals surface area contributed by atoms with Gasteiger partial charge in [-0.05, 0) is 24.3 Å². The van der Waals surface area contributed by atoms with Crippen LogP contribution < -0.4 is 20.9 Å². The molecule has 23 heavy (non-hydrogen) atoms. The molecule has 8 heteroatoms. The van der Waals surface area contributed by atoms with Gasteiger partial charge in [0, 0.05) is 5.38 Å². The molecule has 0 radical (unpaired) electrons. The van der Waals surface area contributed by atoms with Gasteiger partial charge in [-0.1, -0.05) is 12.8 Å². The third kappa shape index (κ3) is 3.21. The van der Waals surface area contributed by atoms with Crippen molar-refractivity contribution in [3.63, 3.8) is 0 Å². The fraction of sp³-hybridized carbons (Fsp3) is 0.400. The second kappa shape index (κ2) is 6.41. The van der Waals surface area contributed by atoms with E-state index in [1.807, 2.05) is 16.8 Å². The second-order valence-electron chi connectivity index (χ2n) is 5.51. The lowest BCUT2D eigenvalue weighted by molar-refractivity contribution is 0.233. The van der Waals surface area contributed by atoms with Gasteiger partial charge >= 0.3 is 6.03 Å². The molecule has 0 saturated heterocycles. The number of rotatable bonds is 4. The fourth-order valence-corrected chi connectivity index (χ4v) is 3.47. The lowest BCUT2D eigenvalue weighted by Crippen LogP contribution is -2.47. The maximum Gasteiger partial charge on any atom is 0.320 e. The molecule has 0 aromatic carbocycles. The van der Waals surface area contributed by atoms with Gasteiger partial charge in [-0.3, -0.25) is 4.79 Å². The number of hydrogen-bond donors (Lipinski definition) is 3. The quantitative estimate of drug-likeness (QED) is 0.800. The Morgan fingerprint density at radius 2 is 2.22 bits per heavy atom. The second-order valence-corrected chi connectivity index (χ2v) is 6.29. The van der Waals surface area contributed by atoms with Crippen LogP contribution in [0.5, 0.6) is 5.75 Å². The van der Waals surface area contributed by atoms with E-state index in [2.05, 4.69) is 20.6 Å². The van der Waals surface area contributed by atoms with Gasteiger partial charge in [-0.15, -0.1) is 0 Å². The van der Waals surface area contributed by atoms with Crippen LogP contribution in [0.4, 0.5) is 10.5 Å². The Bertz CT molecular complexity index is 735. The lowest BCUT2D eigenvalue weighted by atomic mass is 9.96. The van der Waals surface area contributed by atoms with E-state index in [0.29, 0.717) is 5.82 Å². The summed E-state index contributed by atoms with van der Waals surface area (Å²) in [4.78, 5) is 31.3. The Hall–Kier alpha value is -2.35. The molecular weight excluding hydrogens is 316 g/mol. The predicted molar refractivity (Wildman–Crippen MR) is 88.0 cm³/mol. The van der Waals surface area contributed by atoms with Crippen molar-refractivity contribution in [2.45, 2.75) is 31.2 Å². The Balaban J connectivity index is 1.83. The molecule has 122 valence electrons. The van der Waals surface area contributed by atoms with Crippen molar-refractivity contribution in [3.05, 3.63) is 39.2 Å². The van der Waals surface area contributed by atoms with Crippen LogP contribution in [0.1, 0.15) is 31.5 Å².